The average Bonchev–Trinajstić information content (AvgIpc) is 3.60. The maximum absolute atomic E-state index is 13.4. The van der Waals surface area contributed by atoms with Gasteiger partial charge in [-0.3, -0.25) is 23.6 Å². The van der Waals surface area contributed by atoms with Crippen LogP contribution >= 0.6 is 0 Å². The predicted molar refractivity (Wildman–Crippen MR) is 272 cm³/mol. The Kier molecular flexibility index (Phi) is 16.9. The number of likely N-dealkylation sites (N-methyl/N-ethyl adjacent to an activating group) is 1. The lowest BCUT2D eigenvalue weighted by molar-refractivity contribution is -0.133. The van der Waals surface area contributed by atoms with E-state index in [9.17, 15) is 29.7 Å². The van der Waals surface area contributed by atoms with E-state index in [0.717, 1.165) is 71.5 Å². The Balaban J connectivity index is 0.733. The molecule has 0 bridgehead atoms. The molecule has 5 heterocycles. The number of aromatic nitrogens is 2. The Morgan fingerprint density at radius 2 is 1.22 bits per heavy atom. The molecule has 2 aromatic heterocycles. The van der Waals surface area contributed by atoms with Crippen LogP contribution in [0.2, 0.25) is 0 Å². The molecule has 0 aliphatic carbocycles. The van der Waals surface area contributed by atoms with Crippen molar-refractivity contribution in [3.05, 3.63) is 117 Å². The van der Waals surface area contributed by atoms with Crippen LogP contribution in [0.5, 0.6) is 0 Å². The molecule has 5 atom stereocenters. The van der Waals surface area contributed by atoms with Crippen LogP contribution in [0.15, 0.2) is 103 Å². The van der Waals surface area contributed by atoms with Gasteiger partial charge in [0, 0.05) is 90.8 Å². The van der Waals surface area contributed by atoms with E-state index in [-0.39, 0.29) is 23.5 Å². The summed E-state index contributed by atoms with van der Waals surface area (Å²) in [5.41, 5.74) is 7.91. The highest BCUT2D eigenvalue weighted by Gasteiger charge is 2.28. The molecular formula is C54H62N10O9. The normalized spacial score (nSPS) is 19.6. The van der Waals surface area contributed by atoms with Gasteiger partial charge >= 0.3 is 11.5 Å². The molecule has 19 nitrogen and oxygen atoms in total. The van der Waals surface area contributed by atoms with Gasteiger partial charge in [0.2, 0.25) is 0 Å². The van der Waals surface area contributed by atoms with Gasteiger partial charge in [-0.15, -0.1) is 0 Å². The lowest BCUT2D eigenvalue weighted by atomic mass is 10.0. The van der Waals surface area contributed by atoms with Crippen molar-refractivity contribution >= 4 is 34.0 Å². The van der Waals surface area contributed by atoms with E-state index in [1.807, 2.05) is 85.9 Å². The third kappa shape index (κ3) is 13.0. The van der Waals surface area contributed by atoms with Gasteiger partial charge in [0.25, 0.3) is 11.8 Å². The van der Waals surface area contributed by atoms with Gasteiger partial charge in [-0.1, -0.05) is 60.7 Å². The molecule has 0 spiro atoms. The summed E-state index contributed by atoms with van der Waals surface area (Å²) in [5, 5.41) is 32.1. The van der Waals surface area contributed by atoms with Crippen molar-refractivity contribution in [3.8, 4) is 34.4 Å². The van der Waals surface area contributed by atoms with E-state index < -0.39 is 30.0 Å². The second-order valence-corrected chi connectivity index (χ2v) is 19.1. The fourth-order valence-electron chi connectivity index (χ4n) is 9.66. The van der Waals surface area contributed by atoms with E-state index in [2.05, 4.69) is 43.2 Å². The first-order valence-corrected chi connectivity index (χ1v) is 25.1. The quantitative estimate of drug-likeness (QED) is 0.0970. The van der Waals surface area contributed by atoms with Crippen molar-refractivity contribution in [2.75, 3.05) is 92.4 Å². The first kappa shape index (κ1) is 51.0. The van der Waals surface area contributed by atoms with Gasteiger partial charge in [-0.2, -0.15) is 10.5 Å². The molecule has 19 heteroatoms. The molecule has 3 aliphatic rings. The predicted octanol–water partition coefficient (Wildman–Crippen LogP) is 2.89. The van der Waals surface area contributed by atoms with Crippen molar-refractivity contribution in [2.24, 2.45) is 5.92 Å². The number of carbonyl (C=O) groups is 2. The number of nitrogens with one attached hydrogen (secondary N) is 4. The molecule has 5 unspecified atom stereocenters. The Labute approximate surface area is 422 Å². The summed E-state index contributed by atoms with van der Waals surface area (Å²) >= 11 is 0. The summed E-state index contributed by atoms with van der Waals surface area (Å²) < 4.78 is 31.7. The van der Waals surface area contributed by atoms with E-state index in [1.54, 1.807) is 15.2 Å². The van der Waals surface area contributed by atoms with Crippen LogP contribution in [0.25, 0.3) is 44.5 Å². The van der Waals surface area contributed by atoms with Crippen LogP contribution in [0.1, 0.15) is 17.5 Å². The minimum absolute atomic E-state index is 0.0600. The number of nitrogens with zero attached hydrogens (tertiary/aromatic N) is 6. The zero-order valence-corrected chi connectivity index (χ0v) is 41.1. The maximum Gasteiger partial charge on any atom is 0.419 e. The molecule has 2 amide bonds. The second-order valence-electron chi connectivity index (χ2n) is 19.1. The monoisotopic (exact) mass is 994 g/mol. The van der Waals surface area contributed by atoms with Gasteiger partial charge in [0.05, 0.1) is 43.0 Å². The highest BCUT2D eigenvalue weighted by Crippen LogP contribution is 2.27. The van der Waals surface area contributed by atoms with Gasteiger partial charge in [0.15, 0.2) is 11.2 Å². The molecule has 4 aromatic carbocycles. The minimum atomic E-state index is -0.773. The van der Waals surface area contributed by atoms with E-state index >= 15 is 0 Å². The number of fused-ring (bicyclic) bond motifs is 2. The average molecular weight is 995 g/mol. The Bertz CT molecular complexity index is 3050. The van der Waals surface area contributed by atoms with Crippen molar-refractivity contribution in [1.82, 2.24) is 40.2 Å². The minimum Gasteiger partial charge on any atom is -0.408 e. The molecule has 0 saturated carbocycles. The second kappa shape index (κ2) is 24.2. The topological polar surface area (TPSA) is 234 Å². The van der Waals surface area contributed by atoms with Crippen molar-refractivity contribution < 1.29 is 32.6 Å². The smallest absolute Gasteiger partial charge is 0.408 e. The molecule has 4 N–H and O–H groups in total. The molecule has 9 rings (SSSR count). The van der Waals surface area contributed by atoms with Crippen molar-refractivity contribution in [1.29, 1.82) is 10.5 Å². The summed E-state index contributed by atoms with van der Waals surface area (Å²) in [6.45, 7) is 8.83. The maximum atomic E-state index is 13.4. The number of carbonyl (C=O) groups excluding carboxylic acids is 2. The largest absolute Gasteiger partial charge is 0.419 e. The Morgan fingerprint density at radius 3 is 1.79 bits per heavy atom. The van der Waals surface area contributed by atoms with E-state index in [4.69, 9.17) is 23.0 Å². The van der Waals surface area contributed by atoms with Crippen LogP contribution in [0, 0.1) is 28.6 Å². The van der Waals surface area contributed by atoms with E-state index in [1.165, 1.54) is 0 Å². The molecule has 3 saturated heterocycles. The zero-order chi connectivity index (χ0) is 50.7. The number of amides is 2. The molecule has 73 heavy (non-hydrogen) atoms. The van der Waals surface area contributed by atoms with Crippen LogP contribution in [-0.2, 0) is 49.7 Å². The molecule has 6 aromatic rings. The van der Waals surface area contributed by atoms with Crippen LogP contribution in [0.4, 0.5) is 0 Å². The number of hydrogen-bond acceptors (Lipinski definition) is 15. The number of nitriles is 2. The van der Waals surface area contributed by atoms with E-state index in [0.29, 0.717) is 102 Å². The number of benzene rings is 4. The third-order valence-corrected chi connectivity index (χ3v) is 13.8. The zero-order valence-electron chi connectivity index (χ0n) is 41.1. The fourth-order valence-corrected chi connectivity index (χ4v) is 9.66. The number of ether oxygens (including phenoxy) is 3. The number of morpholine rings is 1. The molecule has 382 valence electrons. The molecule has 3 fully saturated rings. The van der Waals surface area contributed by atoms with Gasteiger partial charge < -0.3 is 49.2 Å². The lowest BCUT2D eigenvalue weighted by Gasteiger charge is -2.26. The summed E-state index contributed by atoms with van der Waals surface area (Å²) in [6.07, 6.45) is 0.0800. The van der Waals surface area contributed by atoms with Gasteiger partial charge in [-0.25, -0.2) is 9.59 Å². The first-order chi connectivity index (χ1) is 35.6. The third-order valence-electron chi connectivity index (χ3n) is 13.8. The van der Waals surface area contributed by atoms with Crippen LogP contribution in [0.3, 0.4) is 0 Å². The summed E-state index contributed by atoms with van der Waals surface area (Å²) in [6, 6.07) is 29.9. The molecular weight excluding hydrogens is 933 g/mol. The summed E-state index contributed by atoms with van der Waals surface area (Å²) in [4.78, 5) is 56.4. The Morgan fingerprint density at radius 1 is 0.685 bits per heavy atom. The van der Waals surface area contributed by atoms with Crippen LogP contribution in [-0.4, -0.2) is 147 Å². The standard InChI is InChI=1S/C54H62N10O9/c1-61(16-18-63-45-27-41(11-13-47(45)72-53(63)67)39-7-3-36(4-8-39)25-43(29-55)59-51(65)49-32-57-15-2-22-70-49)34-38-31-58-33-50(71-35-38)52(66)60-44(30-56)26-37-5-9-40(10-6-37)42-12-14-48-46(28-42)64(54(68)73-48)19-17-62-20-23-69-24-21-62/h3-14,27-28,38,43-44,49-50,57-58H,2,15-26,31-35H2,1H3,(H,59,65)(H,60,66). The SMILES string of the molecule is CN(CCn1c(=O)oc2ccc(-c3ccc(CC(C#N)NC(=O)C4CNCCCO4)cc3)cc21)CC1CNCC(C(=O)NC(C#N)Cc2ccc(-c3ccc4oc(=O)n(CCN5CCOCC5)c4c3)cc2)OC1. The van der Waals surface area contributed by atoms with Crippen molar-refractivity contribution in [2.45, 2.75) is 56.6 Å². The molecule has 3 aliphatic heterocycles. The molecule has 0 radical (unpaired) electrons. The lowest BCUT2D eigenvalue weighted by Crippen LogP contribution is -2.46. The number of rotatable bonds is 18. The summed E-state index contributed by atoms with van der Waals surface area (Å²) in [7, 11) is 1.98. The van der Waals surface area contributed by atoms with Crippen LogP contribution < -0.4 is 32.8 Å². The van der Waals surface area contributed by atoms with Crippen molar-refractivity contribution in [3.63, 3.8) is 0 Å². The Hall–Kier alpha value is -6.94. The highest BCUT2D eigenvalue weighted by atomic mass is 16.5. The summed E-state index contributed by atoms with van der Waals surface area (Å²) in [5.74, 6) is -1.42. The van der Waals surface area contributed by atoms with Gasteiger partial charge in [0.1, 0.15) is 24.3 Å². The highest BCUT2D eigenvalue weighted by molar-refractivity contribution is 5.83. The number of hydrogen-bond donors (Lipinski definition) is 4. The fraction of sp³-hybridized carbons (Fsp3) is 0.444. The first-order valence-electron chi connectivity index (χ1n) is 25.1. The number of oxazole rings is 2. The van der Waals surface area contributed by atoms with Gasteiger partial charge in [-0.05, 0) is 77.7 Å².